The van der Waals surface area contributed by atoms with Crippen molar-refractivity contribution in [3.05, 3.63) is 83.7 Å². The average Bonchev–Trinajstić information content (AvgIpc) is 2.54. The van der Waals surface area contributed by atoms with Gasteiger partial charge < -0.3 is 5.32 Å². The standard InChI is InChI=1S/C19H16FNO2/c1-13(2)19(23)21-17-10-6-15(7-11-17)18(22)12-5-14-3-8-16(20)9-4-14/h3-12H,1H2,2H3,(H,21,23)/b12-5+. The van der Waals surface area contributed by atoms with E-state index < -0.39 is 0 Å². The predicted molar refractivity (Wildman–Crippen MR) is 89.7 cm³/mol. The molecule has 0 fully saturated rings. The van der Waals surface area contributed by atoms with Crippen molar-refractivity contribution in [1.29, 1.82) is 0 Å². The van der Waals surface area contributed by atoms with Gasteiger partial charge in [-0.1, -0.05) is 24.8 Å². The van der Waals surface area contributed by atoms with Gasteiger partial charge in [-0.2, -0.15) is 0 Å². The Morgan fingerprint density at radius 2 is 1.65 bits per heavy atom. The van der Waals surface area contributed by atoms with E-state index in [0.29, 0.717) is 16.8 Å². The van der Waals surface area contributed by atoms with Crippen molar-refractivity contribution in [1.82, 2.24) is 0 Å². The highest BCUT2D eigenvalue weighted by molar-refractivity contribution is 6.07. The van der Waals surface area contributed by atoms with Gasteiger partial charge >= 0.3 is 0 Å². The lowest BCUT2D eigenvalue weighted by molar-refractivity contribution is -0.112. The fourth-order valence-corrected chi connectivity index (χ4v) is 1.80. The fourth-order valence-electron chi connectivity index (χ4n) is 1.80. The molecule has 2 rings (SSSR count). The Morgan fingerprint density at radius 1 is 1.04 bits per heavy atom. The van der Waals surface area contributed by atoms with Crippen LogP contribution in [0.3, 0.4) is 0 Å². The maximum atomic E-state index is 12.8. The van der Waals surface area contributed by atoms with E-state index in [1.165, 1.54) is 18.2 Å². The first kappa shape index (κ1) is 16.4. The van der Waals surface area contributed by atoms with Crippen molar-refractivity contribution >= 4 is 23.5 Å². The average molecular weight is 309 g/mol. The number of hydrogen-bond acceptors (Lipinski definition) is 2. The summed E-state index contributed by atoms with van der Waals surface area (Å²) < 4.78 is 12.8. The first-order valence-electron chi connectivity index (χ1n) is 7.00. The van der Waals surface area contributed by atoms with Crippen LogP contribution in [0.5, 0.6) is 0 Å². The zero-order valence-electron chi connectivity index (χ0n) is 12.7. The number of anilines is 1. The normalized spacial score (nSPS) is 10.5. The van der Waals surface area contributed by atoms with E-state index in [-0.39, 0.29) is 17.5 Å². The Hall–Kier alpha value is -3.01. The quantitative estimate of drug-likeness (QED) is 0.663. The number of ketones is 1. The van der Waals surface area contributed by atoms with Crippen LogP contribution in [0.25, 0.3) is 6.08 Å². The van der Waals surface area contributed by atoms with E-state index in [2.05, 4.69) is 11.9 Å². The molecule has 23 heavy (non-hydrogen) atoms. The topological polar surface area (TPSA) is 46.2 Å². The zero-order valence-corrected chi connectivity index (χ0v) is 12.7. The van der Waals surface area contributed by atoms with E-state index >= 15 is 0 Å². The minimum atomic E-state index is -0.319. The number of amides is 1. The largest absolute Gasteiger partial charge is 0.322 e. The number of nitrogens with one attached hydrogen (secondary N) is 1. The number of rotatable bonds is 5. The van der Waals surface area contributed by atoms with E-state index in [1.807, 2.05) is 0 Å². The lowest BCUT2D eigenvalue weighted by Gasteiger charge is -2.05. The maximum Gasteiger partial charge on any atom is 0.250 e. The molecule has 0 atom stereocenters. The molecule has 0 aliphatic carbocycles. The summed E-state index contributed by atoms with van der Waals surface area (Å²) in [7, 11) is 0. The molecule has 3 nitrogen and oxygen atoms in total. The molecule has 0 saturated carbocycles. The second kappa shape index (κ2) is 7.31. The van der Waals surface area contributed by atoms with Gasteiger partial charge in [0.1, 0.15) is 5.82 Å². The highest BCUT2D eigenvalue weighted by atomic mass is 19.1. The summed E-state index contributed by atoms with van der Waals surface area (Å²) in [4.78, 5) is 23.6. The van der Waals surface area contributed by atoms with E-state index in [4.69, 9.17) is 0 Å². The molecule has 1 amide bonds. The van der Waals surface area contributed by atoms with Crippen LogP contribution in [0.1, 0.15) is 22.8 Å². The second-order valence-electron chi connectivity index (χ2n) is 5.06. The summed E-state index contributed by atoms with van der Waals surface area (Å²) in [5, 5.41) is 2.67. The Balaban J connectivity index is 2.04. The van der Waals surface area contributed by atoms with Gasteiger partial charge in [-0.15, -0.1) is 0 Å². The number of carbonyl (C=O) groups is 2. The number of halogens is 1. The van der Waals surface area contributed by atoms with Gasteiger partial charge in [0.15, 0.2) is 5.78 Å². The lowest BCUT2D eigenvalue weighted by atomic mass is 10.1. The molecule has 2 aromatic rings. The minimum absolute atomic E-state index is 0.174. The molecule has 0 heterocycles. The van der Waals surface area contributed by atoms with Crippen LogP contribution in [0.2, 0.25) is 0 Å². The van der Waals surface area contributed by atoms with Crippen LogP contribution in [-0.2, 0) is 4.79 Å². The second-order valence-corrected chi connectivity index (χ2v) is 5.06. The Bertz CT molecular complexity index is 759. The minimum Gasteiger partial charge on any atom is -0.322 e. The van der Waals surface area contributed by atoms with Crippen LogP contribution < -0.4 is 5.32 Å². The Kier molecular flexibility index (Phi) is 5.20. The van der Waals surface area contributed by atoms with Crippen molar-refractivity contribution in [3.63, 3.8) is 0 Å². The van der Waals surface area contributed by atoms with Crippen LogP contribution in [0, 0.1) is 5.82 Å². The zero-order chi connectivity index (χ0) is 16.8. The van der Waals surface area contributed by atoms with Crippen LogP contribution in [0.15, 0.2) is 66.8 Å². The third kappa shape index (κ3) is 4.74. The van der Waals surface area contributed by atoms with Crippen molar-refractivity contribution in [2.75, 3.05) is 5.32 Å². The molecule has 2 aromatic carbocycles. The molecule has 4 heteroatoms. The maximum absolute atomic E-state index is 12.8. The number of carbonyl (C=O) groups excluding carboxylic acids is 2. The van der Waals surface area contributed by atoms with Gasteiger partial charge in [-0.05, 0) is 55.0 Å². The molecule has 0 unspecified atom stereocenters. The highest BCUT2D eigenvalue weighted by Gasteiger charge is 2.05. The van der Waals surface area contributed by atoms with E-state index in [1.54, 1.807) is 49.4 Å². The smallest absolute Gasteiger partial charge is 0.250 e. The molecule has 0 saturated heterocycles. The van der Waals surface area contributed by atoms with E-state index in [9.17, 15) is 14.0 Å². The first-order chi connectivity index (χ1) is 11.0. The molecule has 0 radical (unpaired) electrons. The third-order valence-corrected chi connectivity index (χ3v) is 3.11. The highest BCUT2D eigenvalue weighted by Crippen LogP contribution is 2.12. The van der Waals surface area contributed by atoms with Crippen molar-refractivity contribution in [3.8, 4) is 0 Å². The lowest BCUT2D eigenvalue weighted by Crippen LogP contribution is -2.11. The monoisotopic (exact) mass is 309 g/mol. The predicted octanol–water partition coefficient (Wildman–Crippen LogP) is 4.24. The fraction of sp³-hybridized carbons (Fsp3) is 0.0526. The van der Waals surface area contributed by atoms with Crippen molar-refractivity contribution < 1.29 is 14.0 Å². The molecule has 1 N–H and O–H groups in total. The summed E-state index contributed by atoms with van der Waals surface area (Å²) in [5.74, 6) is -0.756. The van der Waals surface area contributed by atoms with Gasteiger partial charge in [-0.3, -0.25) is 9.59 Å². The summed E-state index contributed by atoms with van der Waals surface area (Å²) in [6, 6.07) is 12.4. The number of allylic oxidation sites excluding steroid dienone is 1. The molecule has 0 aliphatic rings. The summed E-state index contributed by atoms with van der Waals surface area (Å²) in [5.41, 5.74) is 2.24. The van der Waals surface area contributed by atoms with Crippen molar-refractivity contribution in [2.45, 2.75) is 6.92 Å². The van der Waals surface area contributed by atoms with Gasteiger partial charge in [-0.25, -0.2) is 4.39 Å². The SMILES string of the molecule is C=C(C)C(=O)Nc1ccc(C(=O)/C=C/c2ccc(F)cc2)cc1. The van der Waals surface area contributed by atoms with E-state index in [0.717, 1.165) is 5.56 Å². The third-order valence-electron chi connectivity index (χ3n) is 3.11. The molecule has 0 aromatic heterocycles. The molecule has 0 bridgehead atoms. The Labute approximate surface area is 134 Å². The molecule has 116 valence electrons. The molecular formula is C19H16FNO2. The van der Waals surface area contributed by atoms with Gasteiger partial charge in [0, 0.05) is 16.8 Å². The molecule has 0 aliphatic heterocycles. The molecule has 0 spiro atoms. The van der Waals surface area contributed by atoms with Crippen LogP contribution in [0.4, 0.5) is 10.1 Å². The Morgan fingerprint density at radius 3 is 2.22 bits per heavy atom. The van der Waals surface area contributed by atoms with Gasteiger partial charge in [0.2, 0.25) is 0 Å². The summed E-state index contributed by atoms with van der Waals surface area (Å²) in [6.07, 6.45) is 3.05. The summed E-state index contributed by atoms with van der Waals surface area (Å²) >= 11 is 0. The van der Waals surface area contributed by atoms with Gasteiger partial charge in [0.05, 0.1) is 0 Å². The first-order valence-corrected chi connectivity index (χ1v) is 7.00. The van der Waals surface area contributed by atoms with Crippen molar-refractivity contribution in [2.24, 2.45) is 0 Å². The van der Waals surface area contributed by atoms with Crippen LogP contribution in [-0.4, -0.2) is 11.7 Å². The van der Waals surface area contributed by atoms with Gasteiger partial charge in [0.25, 0.3) is 5.91 Å². The number of hydrogen-bond donors (Lipinski definition) is 1. The summed E-state index contributed by atoms with van der Waals surface area (Å²) in [6.45, 7) is 5.18. The molecular weight excluding hydrogens is 293 g/mol. The van der Waals surface area contributed by atoms with Crippen LogP contribution >= 0.6 is 0 Å². The number of benzene rings is 2.